The van der Waals surface area contributed by atoms with E-state index in [2.05, 4.69) is 15.5 Å². The first-order valence-electron chi connectivity index (χ1n) is 6.58. The minimum Gasteiger partial charge on any atom is -0.364 e. The van der Waals surface area contributed by atoms with E-state index in [-0.39, 0.29) is 19.0 Å². The summed E-state index contributed by atoms with van der Waals surface area (Å²) in [5, 5.41) is 11.6. The van der Waals surface area contributed by atoms with Crippen LogP contribution >= 0.6 is 12.4 Å². The van der Waals surface area contributed by atoms with Crippen molar-refractivity contribution < 1.29 is 8.78 Å². The van der Waals surface area contributed by atoms with Crippen LogP contribution in [-0.2, 0) is 19.6 Å². The molecule has 1 N–H and O–H groups in total. The molecule has 0 atom stereocenters. The average molecular weight is 320 g/mol. The van der Waals surface area contributed by atoms with Crippen molar-refractivity contribution in [2.45, 2.75) is 46.8 Å². The molecule has 0 radical (unpaired) electrons. The lowest BCUT2D eigenvalue weighted by Gasteiger charge is -2.06. The zero-order chi connectivity index (χ0) is 14.7. The highest BCUT2D eigenvalue weighted by molar-refractivity contribution is 5.85. The maximum atomic E-state index is 12.4. The molecule has 0 fully saturated rings. The van der Waals surface area contributed by atoms with E-state index >= 15 is 0 Å². The quantitative estimate of drug-likeness (QED) is 0.890. The Morgan fingerprint density at radius 3 is 2.62 bits per heavy atom. The molecule has 2 aromatic heterocycles. The first-order chi connectivity index (χ1) is 9.51. The van der Waals surface area contributed by atoms with E-state index in [0.29, 0.717) is 6.54 Å². The van der Waals surface area contributed by atoms with Crippen molar-refractivity contribution in [3.63, 3.8) is 0 Å². The molecule has 0 amide bonds. The molecule has 0 spiro atoms. The van der Waals surface area contributed by atoms with Crippen LogP contribution in [0, 0.1) is 13.8 Å². The Balaban J connectivity index is 0.00000220. The third-order valence-electron chi connectivity index (χ3n) is 3.23. The standard InChI is InChI=1S/C13H19F2N5.ClH/c1-4-19-7-9(2)13(18-19)16-5-11-6-17-20(10(11)3)8-12(14)15;/h6-7,12H,4-5,8H2,1-3H3,(H,16,18);1H. The molecular formula is C13H20ClF2N5. The molecule has 0 saturated carbocycles. The summed E-state index contributed by atoms with van der Waals surface area (Å²) in [6.45, 7) is 6.77. The molecule has 5 nitrogen and oxygen atoms in total. The van der Waals surface area contributed by atoms with Crippen molar-refractivity contribution in [2.75, 3.05) is 5.32 Å². The summed E-state index contributed by atoms with van der Waals surface area (Å²) in [6, 6.07) is 0. The normalized spacial score (nSPS) is 10.8. The Labute approximate surface area is 128 Å². The van der Waals surface area contributed by atoms with E-state index in [0.717, 1.165) is 29.2 Å². The van der Waals surface area contributed by atoms with Crippen LogP contribution in [0.15, 0.2) is 12.4 Å². The van der Waals surface area contributed by atoms with E-state index in [1.807, 2.05) is 24.7 Å². The molecule has 0 aliphatic carbocycles. The van der Waals surface area contributed by atoms with Gasteiger partial charge in [-0.25, -0.2) is 8.78 Å². The summed E-state index contributed by atoms with van der Waals surface area (Å²) in [6.07, 6.45) is 1.20. The molecule has 8 heteroatoms. The van der Waals surface area contributed by atoms with Gasteiger partial charge in [-0.15, -0.1) is 12.4 Å². The summed E-state index contributed by atoms with van der Waals surface area (Å²) in [7, 11) is 0. The molecule has 0 saturated heterocycles. The van der Waals surface area contributed by atoms with Gasteiger partial charge in [0.2, 0.25) is 0 Å². The van der Waals surface area contributed by atoms with Gasteiger partial charge in [-0.05, 0) is 20.8 Å². The lowest BCUT2D eigenvalue weighted by molar-refractivity contribution is 0.121. The van der Waals surface area contributed by atoms with Crippen LogP contribution < -0.4 is 5.32 Å². The fourth-order valence-corrected chi connectivity index (χ4v) is 2.01. The van der Waals surface area contributed by atoms with Crippen molar-refractivity contribution in [1.82, 2.24) is 19.6 Å². The Bertz CT molecular complexity index is 579. The minimum absolute atomic E-state index is 0. The van der Waals surface area contributed by atoms with Gasteiger partial charge >= 0.3 is 0 Å². The van der Waals surface area contributed by atoms with Gasteiger partial charge in [-0.2, -0.15) is 10.2 Å². The number of nitrogens with zero attached hydrogens (tertiary/aromatic N) is 4. The summed E-state index contributed by atoms with van der Waals surface area (Å²) in [5.41, 5.74) is 2.71. The maximum Gasteiger partial charge on any atom is 0.257 e. The molecule has 0 bridgehead atoms. The van der Waals surface area contributed by atoms with E-state index in [4.69, 9.17) is 0 Å². The van der Waals surface area contributed by atoms with Crippen molar-refractivity contribution in [3.8, 4) is 0 Å². The molecule has 0 aliphatic heterocycles. The van der Waals surface area contributed by atoms with Gasteiger partial charge in [0.25, 0.3) is 6.43 Å². The number of anilines is 1. The third-order valence-corrected chi connectivity index (χ3v) is 3.23. The number of alkyl halides is 2. The van der Waals surface area contributed by atoms with Gasteiger partial charge in [0, 0.05) is 36.1 Å². The second-order valence-electron chi connectivity index (χ2n) is 4.70. The number of hydrogen-bond acceptors (Lipinski definition) is 3. The Morgan fingerprint density at radius 1 is 1.33 bits per heavy atom. The zero-order valence-electron chi connectivity index (χ0n) is 12.3. The zero-order valence-corrected chi connectivity index (χ0v) is 13.1. The molecule has 2 rings (SSSR count). The summed E-state index contributed by atoms with van der Waals surface area (Å²) >= 11 is 0. The van der Waals surface area contributed by atoms with Crippen molar-refractivity contribution in [1.29, 1.82) is 0 Å². The van der Waals surface area contributed by atoms with E-state index in [1.54, 1.807) is 13.1 Å². The highest BCUT2D eigenvalue weighted by atomic mass is 35.5. The lowest BCUT2D eigenvalue weighted by Crippen LogP contribution is -2.10. The first-order valence-corrected chi connectivity index (χ1v) is 6.58. The van der Waals surface area contributed by atoms with Crippen LogP contribution in [0.4, 0.5) is 14.6 Å². The predicted octanol–water partition coefficient (Wildman–Crippen LogP) is 3.02. The van der Waals surface area contributed by atoms with Gasteiger partial charge in [0.05, 0.1) is 6.20 Å². The monoisotopic (exact) mass is 319 g/mol. The second kappa shape index (κ2) is 7.40. The smallest absolute Gasteiger partial charge is 0.257 e. The molecule has 21 heavy (non-hydrogen) atoms. The predicted molar refractivity (Wildman–Crippen MR) is 80.2 cm³/mol. The lowest BCUT2D eigenvalue weighted by atomic mass is 10.2. The Morgan fingerprint density at radius 2 is 2.05 bits per heavy atom. The molecule has 2 heterocycles. The van der Waals surface area contributed by atoms with Gasteiger partial charge in [-0.3, -0.25) is 9.36 Å². The second-order valence-corrected chi connectivity index (χ2v) is 4.70. The first kappa shape index (κ1) is 17.4. The van der Waals surface area contributed by atoms with Gasteiger partial charge in [0.15, 0.2) is 5.82 Å². The van der Waals surface area contributed by atoms with Gasteiger partial charge < -0.3 is 5.32 Å². The summed E-state index contributed by atoms with van der Waals surface area (Å²) in [5.74, 6) is 0.813. The fraction of sp³-hybridized carbons (Fsp3) is 0.538. The number of aromatic nitrogens is 4. The molecule has 118 valence electrons. The number of aryl methyl sites for hydroxylation is 2. The van der Waals surface area contributed by atoms with Crippen LogP contribution in [0.25, 0.3) is 0 Å². The van der Waals surface area contributed by atoms with Crippen LogP contribution in [0.1, 0.15) is 23.7 Å². The van der Waals surface area contributed by atoms with Gasteiger partial charge in [-0.1, -0.05) is 0 Å². The molecule has 0 aromatic carbocycles. The molecule has 2 aromatic rings. The number of hydrogen-bond donors (Lipinski definition) is 1. The van der Waals surface area contributed by atoms with E-state index in [9.17, 15) is 8.78 Å². The Hall–Kier alpha value is -1.63. The third kappa shape index (κ3) is 4.17. The SMILES string of the molecule is CCn1cc(C)c(NCc2cnn(CC(F)F)c2C)n1.Cl. The average Bonchev–Trinajstić information content (AvgIpc) is 2.92. The number of halogens is 3. The van der Waals surface area contributed by atoms with Crippen molar-refractivity contribution in [2.24, 2.45) is 0 Å². The topological polar surface area (TPSA) is 47.7 Å². The number of nitrogens with one attached hydrogen (secondary N) is 1. The van der Waals surface area contributed by atoms with Crippen molar-refractivity contribution >= 4 is 18.2 Å². The minimum atomic E-state index is -2.39. The Kier molecular flexibility index (Phi) is 6.14. The summed E-state index contributed by atoms with van der Waals surface area (Å²) < 4.78 is 27.9. The molecule has 0 aliphatic rings. The van der Waals surface area contributed by atoms with Gasteiger partial charge in [0.1, 0.15) is 6.54 Å². The fourth-order valence-electron chi connectivity index (χ4n) is 2.01. The molecule has 0 unspecified atom stereocenters. The summed E-state index contributed by atoms with van der Waals surface area (Å²) in [4.78, 5) is 0. The van der Waals surface area contributed by atoms with E-state index in [1.165, 1.54) is 4.68 Å². The van der Waals surface area contributed by atoms with Crippen molar-refractivity contribution in [3.05, 3.63) is 29.2 Å². The van der Waals surface area contributed by atoms with Crippen LogP contribution in [0.5, 0.6) is 0 Å². The number of rotatable bonds is 6. The van der Waals surface area contributed by atoms with Crippen LogP contribution in [-0.4, -0.2) is 26.0 Å². The van der Waals surface area contributed by atoms with E-state index < -0.39 is 6.43 Å². The highest BCUT2D eigenvalue weighted by Crippen LogP contribution is 2.15. The molecular weight excluding hydrogens is 300 g/mol. The largest absolute Gasteiger partial charge is 0.364 e. The highest BCUT2D eigenvalue weighted by Gasteiger charge is 2.11. The maximum absolute atomic E-state index is 12.4. The van der Waals surface area contributed by atoms with Crippen LogP contribution in [0.2, 0.25) is 0 Å². The van der Waals surface area contributed by atoms with Crippen LogP contribution in [0.3, 0.4) is 0 Å².